The Morgan fingerprint density at radius 3 is 1.84 bits per heavy atom. The molecule has 0 saturated heterocycles. The van der Waals surface area contributed by atoms with E-state index in [1.54, 1.807) is 0 Å². The number of carbonyl (C=O) groups excluding carboxylic acids is 1. The topological polar surface area (TPSA) is 98.1 Å². The summed E-state index contributed by atoms with van der Waals surface area (Å²) in [6.07, 6.45) is 1.70. The van der Waals surface area contributed by atoms with E-state index in [2.05, 4.69) is 41.6 Å². The maximum atomic E-state index is 12.2. The molecule has 0 amide bonds. The molecule has 0 bridgehead atoms. The Morgan fingerprint density at radius 1 is 0.860 bits per heavy atom. The van der Waals surface area contributed by atoms with Gasteiger partial charge in [0.25, 0.3) is 0 Å². The van der Waals surface area contributed by atoms with Crippen molar-refractivity contribution in [2.24, 2.45) is 5.16 Å². The lowest BCUT2D eigenvalue weighted by molar-refractivity contribution is -0.155. The fourth-order valence-corrected chi connectivity index (χ4v) is 6.16. The second kappa shape index (κ2) is 14.4. The Morgan fingerprint density at radius 2 is 1.37 bits per heavy atom. The van der Waals surface area contributed by atoms with Crippen molar-refractivity contribution in [3.05, 3.63) is 123 Å². The number of carboxylic acid groups (broad SMARTS) is 1. The van der Waals surface area contributed by atoms with Crippen LogP contribution in [-0.2, 0) is 31.0 Å². The molecule has 3 aromatic carbocycles. The summed E-state index contributed by atoms with van der Waals surface area (Å²) in [5, 5.41) is 14.5. The van der Waals surface area contributed by atoms with E-state index in [-0.39, 0.29) is 34.7 Å². The maximum absolute atomic E-state index is 12.2. The van der Waals surface area contributed by atoms with Crippen molar-refractivity contribution in [1.29, 1.82) is 0 Å². The van der Waals surface area contributed by atoms with Gasteiger partial charge >= 0.3 is 11.9 Å². The molecule has 0 saturated carbocycles. The van der Waals surface area contributed by atoms with Crippen LogP contribution in [0.3, 0.4) is 0 Å². The molecule has 1 N–H and O–H groups in total. The van der Waals surface area contributed by atoms with Gasteiger partial charge in [0, 0.05) is 12.8 Å². The molecule has 224 valence electrons. The van der Waals surface area contributed by atoms with Gasteiger partial charge in [0.1, 0.15) is 22.2 Å². The van der Waals surface area contributed by atoms with E-state index in [4.69, 9.17) is 26.2 Å². The predicted molar refractivity (Wildman–Crippen MR) is 170 cm³/mol. The number of thiazole rings is 1. The van der Waals surface area contributed by atoms with E-state index in [1.165, 1.54) is 11.3 Å². The first-order chi connectivity index (χ1) is 20.6. The summed E-state index contributed by atoms with van der Waals surface area (Å²) in [4.78, 5) is 34.1. The molecule has 0 radical (unpaired) electrons. The van der Waals surface area contributed by atoms with Crippen LogP contribution in [0.4, 0.5) is 0 Å². The number of nitrogens with zero attached hydrogens (tertiary/aromatic N) is 2. The maximum Gasteiger partial charge on any atom is 0.360 e. The Labute approximate surface area is 261 Å². The number of halogens is 1. The first kappa shape index (κ1) is 31.9. The third kappa shape index (κ3) is 8.30. The van der Waals surface area contributed by atoms with Crippen LogP contribution in [-0.4, -0.2) is 39.9 Å². The van der Waals surface area contributed by atoms with Gasteiger partial charge in [-0.15, -0.1) is 11.3 Å². The molecule has 4 rings (SSSR count). The quantitative estimate of drug-likeness (QED) is 0.0542. The van der Waals surface area contributed by atoms with Crippen LogP contribution < -0.4 is 0 Å². The van der Waals surface area contributed by atoms with Crippen LogP contribution in [0.15, 0.2) is 96.2 Å². The molecule has 0 aliphatic carbocycles. The van der Waals surface area contributed by atoms with E-state index in [1.807, 2.05) is 75.4 Å². The zero-order valence-electron chi connectivity index (χ0n) is 24.5. The summed E-state index contributed by atoms with van der Waals surface area (Å²) < 4.78 is 5.52. The summed E-state index contributed by atoms with van der Waals surface area (Å²) in [5.74, 6) is -1.59. The van der Waals surface area contributed by atoms with E-state index in [0.717, 1.165) is 16.7 Å². The number of benzene rings is 3. The first-order valence-corrected chi connectivity index (χ1v) is 15.3. The minimum absolute atomic E-state index is 0.0611. The lowest BCUT2D eigenvalue weighted by atomic mass is 9.67. The molecule has 1 aromatic heterocycles. The summed E-state index contributed by atoms with van der Waals surface area (Å²) >= 11 is 7.83. The smallest absolute Gasteiger partial charge is 0.360 e. The second-order valence-electron chi connectivity index (χ2n) is 11.0. The number of ether oxygens (including phenoxy) is 1. The van der Waals surface area contributed by atoms with Crippen molar-refractivity contribution in [2.45, 2.75) is 57.5 Å². The van der Waals surface area contributed by atoms with Gasteiger partial charge in [-0.05, 0) is 50.3 Å². The average Bonchev–Trinajstić information content (AvgIpc) is 3.34. The number of hydrogen-bond donors (Lipinski definition) is 1. The number of unbranched alkanes of at least 4 members (excludes halogenated alkanes) is 1. The van der Waals surface area contributed by atoms with Gasteiger partial charge in [0.05, 0.1) is 10.4 Å². The van der Waals surface area contributed by atoms with Gasteiger partial charge < -0.3 is 14.7 Å². The number of oxime groups is 1. The molecular formula is C34H35ClN2O5S. The van der Waals surface area contributed by atoms with Crippen molar-refractivity contribution >= 4 is 40.6 Å². The zero-order chi connectivity index (χ0) is 30.9. The number of hydrogen-bond acceptors (Lipinski definition) is 7. The Kier molecular flexibility index (Phi) is 10.7. The average molecular weight is 619 g/mol. The molecule has 0 aliphatic heterocycles. The van der Waals surface area contributed by atoms with Gasteiger partial charge in [0.2, 0.25) is 5.71 Å². The Hall–Kier alpha value is -4.01. The van der Waals surface area contributed by atoms with Gasteiger partial charge in [-0.1, -0.05) is 108 Å². The molecule has 43 heavy (non-hydrogen) atoms. The standard InChI is InChI=1S/C34H35ClN2O5S/c1-33(2,3)42-28(38)21-13-14-22-41-37-30(32(39)40)29-31(35)43-27(36-29)23-34(24-15-7-4-8-16-24,25-17-9-5-10-18-25)26-19-11-6-12-20-26/h4-12,15-20H,13-14,21-23H2,1-3H3,(H,39,40)/b37-30-. The van der Waals surface area contributed by atoms with E-state index < -0.39 is 17.0 Å². The number of aromatic nitrogens is 1. The van der Waals surface area contributed by atoms with Crippen molar-refractivity contribution in [2.75, 3.05) is 6.61 Å². The van der Waals surface area contributed by atoms with Crippen LogP contribution in [0.5, 0.6) is 0 Å². The summed E-state index contributed by atoms with van der Waals surface area (Å²) in [5.41, 5.74) is 1.75. The van der Waals surface area contributed by atoms with Crippen molar-refractivity contribution < 1.29 is 24.3 Å². The van der Waals surface area contributed by atoms with Crippen molar-refractivity contribution in [3.63, 3.8) is 0 Å². The van der Waals surface area contributed by atoms with Crippen molar-refractivity contribution in [1.82, 2.24) is 4.98 Å². The molecule has 0 atom stereocenters. The third-order valence-corrected chi connectivity index (χ3v) is 7.97. The van der Waals surface area contributed by atoms with Crippen LogP contribution in [0.2, 0.25) is 4.34 Å². The molecule has 9 heteroatoms. The normalized spacial score (nSPS) is 12.1. The Bertz CT molecular complexity index is 1440. The van der Waals surface area contributed by atoms with Crippen molar-refractivity contribution in [3.8, 4) is 0 Å². The minimum atomic E-state index is -1.30. The van der Waals surface area contributed by atoms with Gasteiger partial charge in [-0.3, -0.25) is 4.79 Å². The number of carboxylic acids is 1. The SMILES string of the molecule is CC(C)(C)OC(=O)CCCCO/N=C(\C(=O)O)c1nc(CC(c2ccccc2)(c2ccccc2)c2ccccc2)sc1Cl. The highest BCUT2D eigenvalue weighted by Gasteiger charge is 2.38. The van der Waals surface area contributed by atoms with E-state index >= 15 is 0 Å². The molecule has 0 unspecified atom stereocenters. The van der Waals surface area contributed by atoms with E-state index in [0.29, 0.717) is 24.3 Å². The lowest BCUT2D eigenvalue weighted by Crippen LogP contribution is -2.32. The van der Waals surface area contributed by atoms with Gasteiger partial charge in [-0.25, -0.2) is 9.78 Å². The van der Waals surface area contributed by atoms with Crippen LogP contribution >= 0.6 is 22.9 Å². The third-order valence-electron chi connectivity index (χ3n) is 6.72. The largest absolute Gasteiger partial charge is 0.476 e. The fraction of sp³-hybridized carbons (Fsp3) is 0.294. The van der Waals surface area contributed by atoms with Gasteiger partial charge in [0.15, 0.2) is 0 Å². The molecule has 1 heterocycles. The second-order valence-corrected chi connectivity index (χ2v) is 12.7. The lowest BCUT2D eigenvalue weighted by Gasteiger charge is -2.35. The molecule has 4 aromatic rings. The minimum Gasteiger partial charge on any atom is -0.476 e. The predicted octanol–water partition coefficient (Wildman–Crippen LogP) is 7.69. The summed E-state index contributed by atoms with van der Waals surface area (Å²) in [7, 11) is 0. The molecular weight excluding hydrogens is 584 g/mol. The van der Waals surface area contributed by atoms with Gasteiger partial charge in [-0.2, -0.15) is 0 Å². The molecule has 0 spiro atoms. The van der Waals surface area contributed by atoms with Crippen LogP contribution in [0.1, 0.15) is 67.4 Å². The number of rotatable bonds is 13. The number of carbonyl (C=O) groups is 2. The highest BCUT2D eigenvalue weighted by Crippen LogP contribution is 2.43. The number of aliphatic carboxylic acids is 1. The van der Waals surface area contributed by atoms with Crippen LogP contribution in [0.25, 0.3) is 0 Å². The van der Waals surface area contributed by atoms with E-state index in [9.17, 15) is 14.7 Å². The monoisotopic (exact) mass is 618 g/mol. The molecule has 0 aliphatic rings. The highest BCUT2D eigenvalue weighted by molar-refractivity contribution is 7.16. The first-order valence-electron chi connectivity index (χ1n) is 14.1. The van der Waals surface area contributed by atoms with Crippen LogP contribution in [0, 0.1) is 0 Å². The zero-order valence-corrected chi connectivity index (χ0v) is 26.0. The fourth-order valence-electron chi connectivity index (χ4n) is 4.89. The summed E-state index contributed by atoms with van der Waals surface area (Å²) in [6.45, 7) is 5.58. The summed E-state index contributed by atoms with van der Waals surface area (Å²) in [6, 6.07) is 30.6. The molecule has 0 fully saturated rings. The Balaban J connectivity index is 1.60. The molecule has 7 nitrogen and oxygen atoms in total. The highest BCUT2D eigenvalue weighted by atomic mass is 35.5. The number of esters is 1.